The van der Waals surface area contributed by atoms with Gasteiger partial charge in [-0.05, 0) is 30.5 Å². The van der Waals surface area contributed by atoms with Crippen molar-refractivity contribution in [2.45, 2.75) is 31.5 Å². The lowest BCUT2D eigenvalue weighted by Crippen LogP contribution is -2.46. The van der Waals surface area contributed by atoms with E-state index in [0.29, 0.717) is 6.54 Å². The molecule has 0 spiro atoms. The van der Waals surface area contributed by atoms with Crippen LogP contribution < -0.4 is 5.73 Å². The number of benzene rings is 1. The molecule has 1 aliphatic carbocycles. The molecule has 6 heteroatoms. The second-order valence-electron chi connectivity index (χ2n) is 4.89. The molecule has 2 rings (SSSR count). The molecule has 1 fully saturated rings. The Morgan fingerprint density at radius 2 is 2.05 bits per heavy atom. The molecule has 4 nitrogen and oxygen atoms in total. The molecule has 0 aromatic heterocycles. The maximum absolute atomic E-state index is 12.9. The van der Waals surface area contributed by atoms with Crippen LogP contribution in [-0.2, 0) is 16.1 Å². The van der Waals surface area contributed by atoms with Crippen molar-refractivity contribution in [2.24, 2.45) is 5.73 Å². The highest BCUT2D eigenvalue weighted by Gasteiger charge is 2.34. The fourth-order valence-corrected chi connectivity index (χ4v) is 2.02. The standard InChI is InChI=1S/C14H19FN2O2.ClH/c1-19-9-13(16)14(18)17(12-6-7-12)8-10-2-4-11(15)5-3-10;/h2-5,12-13H,6-9,16H2,1H3;1H. The van der Waals surface area contributed by atoms with Crippen LogP contribution >= 0.6 is 12.4 Å². The van der Waals surface area contributed by atoms with E-state index in [-0.39, 0.29) is 36.8 Å². The molecule has 1 aliphatic rings. The number of methoxy groups -OCH3 is 1. The molecule has 2 N–H and O–H groups in total. The van der Waals surface area contributed by atoms with E-state index in [1.807, 2.05) is 0 Å². The minimum absolute atomic E-state index is 0. The fraction of sp³-hybridized carbons (Fsp3) is 0.500. The number of rotatable bonds is 6. The number of halogens is 2. The summed E-state index contributed by atoms with van der Waals surface area (Å²) in [5.41, 5.74) is 6.70. The Kier molecular flexibility index (Phi) is 6.39. The number of nitrogens with two attached hydrogens (primary N) is 1. The Labute approximate surface area is 124 Å². The Morgan fingerprint density at radius 1 is 1.45 bits per heavy atom. The second-order valence-corrected chi connectivity index (χ2v) is 4.89. The number of amides is 1. The van der Waals surface area contributed by atoms with Crippen molar-refractivity contribution in [1.82, 2.24) is 4.90 Å². The van der Waals surface area contributed by atoms with Gasteiger partial charge in [0.1, 0.15) is 11.9 Å². The van der Waals surface area contributed by atoms with Crippen LogP contribution in [0.3, 0.4) is 0 Å². The zero-order valence-corrected chi connectivity index (χ0v) is 12.2. The zero-order chi connectivity index (χ0) is 13.8. The lowest BCUT2D eigenvalue weighted by atomic mass is 10.2. The molecule has 1 saturated carbocycles. The van der Waals surface area contributed by atoms with Crippen LogP contribution in [0.15, 0.2) is 24.3 Å². The predicted octanol–water partition coefficient (Wildman–Crippen LogP) is 1.71. The van der Waals surface area contributed by atoms with Gasteiger partial charge < -0.3 is 15.4 Å². The van der Waals surface area contributed by atoms with E-state index in [9.17, 15) is 9.18 Å². The molecule has 1 unspecified atom stereocenters. The molecule has 1 amide bonds. The third-order valence-corrected chi connectivity index (χ3v) is 3.20. The molecular weight excluding hydrogens is 283 g/mol. The number of hydrogen-bond donors (Lipinski definition) is 1. The fourth-order valence-electron chi connectivity index (χ4n) is 2.02. The molecule has 1 aromatic rings. The Balaban J connectivity index is 0.00000200. The number of ether oxygens (including phenoxy) is 1. The molecule has 0 radical (unpaired) electrons. The van der Waals surface area contributed by atoms with Crippen molar-refractivity contribution in [2.75, 3.05) is 13.7 Å². The van der Waals surface area contributed by atoms with Gasteiger partial charge >= 0.3 is 0 Å². The Bertz CT molecular complexity index is 437. The first-order valence-corrected chi connectivity index (χ1v) is 6.41. The smallest absolute Gasteiger partial charge is 0.242 e. The SMILES string of the molecule is COCC(N)C(=O)N(Cc1ccc(F)cc1)C1CC1.Cl. The summed E-state index contributed by atoms with van der Waals surface area (Å²) in [6.07, 6.45) is 2.01. The number of hydrogen-bond acceptors (Lipinski definition) is 3. The third kappa shape index (κ3) is 4.44. The maximum Gasteiger partial charge on any atom is 0.242 e. The molecule has 0 bridgehead atoms. The van der Waals surface area contributed by atoms with E-state index in [1.54, 1.807) is 17.0 Å². The van der Waals surface area contributed by atoms with Gasteiger partial charge in [-0.3, -0.25) is 4.79 Å². The lowest BCUT2D eigenvalue weighted by molar-refractivity contribution is -0.135. The summed E-state index contributed by atoms with van der Waals surface area (Å²) in [5.74, 6) is -0.377. The summed E-state index contributed by atoms with van der Waals surface area (Å²) in [6, 6.07) is 5.83. The molecule has 1 atom stereocenters. The van der Waals surface area contributed by atoms with Gasteiger partial charge in [-0.2, -0.15) is 0 Å². The summed E-state index contributed by atoms with van der Waals surface area (Å²) < 4.78 is 17.8. The van der Waals surface area contributed by atoms with Crippen LogP contribution in [0.4, 0.5) is 4.39 Å². The van der Waals surface area contributed by atoms with Crippen molar-refractivity contribution in [3.63, 3.8) is 0 Å². The number of nitrogens with zero attached hydrogens (tertiary/aromatic N) is 1. The summed E-state index contributed by atoms with van der Waals surface area (Å²) >= 11 is 0. The van der Waals surface area contributed by atoms with Crippen LogP contribution in [0.25, 0.3) is 0 Å². The lowest BCUT2D eigenvalue weighted by Gasteiger charge is -2.25. The molecular formula is C14H20ClFN2O2. The molecule has 1 aromatic carbocycles. The van der Waals surface area contributed by atoms with E-state index in [2.05, 4.69) is 0 Å². The first-order chi connectivity index (χ1) is 9.11. The summed E-state index contributed by atoms with van der Waals surface area (Å²) in [4.78, 5) is 14.0. The average Bonchev–Trinajstić information content (AvgIpc) is 3.22. The first-order valence-electron chi connectivity index (χ1n) is 6.41. The van der Waals surface area contributed by atoms with Gasteiger partial charge in [0.2, 0.25) is 5.91 Å². The largest absolute Gasteiger partial charge is 0.383 e. The van der Waals surface area contributed by atoms with Crippen LogP contribution in [0.2, 0.25) is 0 Å². The van der Waals surface area contributed by atoms with Crippen molar-refractivity contribution >= 4 is 18.3 Å². The van der Waals surface area contributed by atoms with Gasteiger partial charge in [0.05, 0.1) is 6.61 Å². The quantitative estimate of drug-likeness (QED) is 0.870. The van der Waals surface area contributed by atoms with E-state index < -0.39 is 6.04 Å². The van der Waals surface area contributed by atoms with Gasteiger partial charge in [-0.1, -0.05) is 12.1 Å². The summed E-state index contributed by atoms with van der Waals surface area (Å²) in [5, 5.41) is 0. The zero-order valence-electron chi connectivity index (χ0n) is 11.4. The molecule has 0 aliphatic heterocycles. The van der Waals surface area contributed by atoms with Crippen LogP contribution in [0.5, 0.6) is 0 Å². The summed E-state index contributed by atoms with van der Waals surface area (Å²) in [7, 11) is 1.52. The third-order valence-electron chi connectivity index (χ3n) is 3.20. The second kappa shape index (κ2) is 7.57. The molecule has 20 heavy (non-hydrogen) atoms. The number of carbonyl (C=O) groups excluding carboxylic acids is 1. The van der Waals surface area contributed by atoms with E-state index in [1.165, 1.54) is 19.2 Å². The van der Waals surface area contributed by atoms with Gasteiger partial charge in [-0.25, -0.2) is 4.39 Å². The highest BCUT2D eigenvalue weighted by Crippen LogP contribution is 2.28. The predicted molar refractivity (Wildman–Crippen MR) is 77.1 cm³/mol. The van der Waals surface area contributed by atoms with E-state index in [0.717, 1.165) is 18.4 Å². The maximum atomic E-state index is 12.9. The first kappa shape index (κ1) is 16.9. The van der Waals surface area contributed by atoms with E-state index >= 15 is 0 Å². The topological polar surface area (TPSA) is 55.6 Å². The Hall–Kier alpha value is -1.17. The van der Waals surface area contributed by atoms with E-state index in [4.69, 9.17) is 10.5 Å². The number of carbonyl (C=O) groups is 1. The van der Waals surface area contributed by atoms with Crippen LogP contribution in [-0.4, -0.2) is 36.6 Å². The minimum Gasteiger partial charge on any atom is -0.383 e. The van der Waals surface area contributed by atoms with Gasteiger partial charge in [0.15, 0.2) is 0 Å². The highest BCUT2D eigenvalue weighted by molar-refractivity contribution is 5.85. The summed E-state index contributed by atoms with van der Waals surface area (Å²) in [6.45, 7) is 0.687. The normalized spacial score (nSPS) is 15.3. The van der Waals surface area contributed by atoms with Crippen molar-refractivity contribution in [3.8, 4) is 0 Å². The minimum atomic E-state index is -0.633. The van der Waals surface area contributed by atoms with Crippen molar-refractivity contribution in [1.29, 1.82) is 0 Å². The molecule has 0 heterocycles. The monoisotopic (exact) mass is 302 g/mol. The molecule has 112 valence electrons. The van der Waals surface area contributed by atoms with Crippen molar-refractivity contribution in [3.05, 3.63) is 35.6 Å². The van der Waals surface area contributed by atoms with Gasteiger partial charge in [-0.15, -0.1) is 12.4 Å². The highest BCUT2D eigenvalue weighted by atomic mass is 35.5. The van der Waals surface area contributed by atoms with Crippen LogP contribution in [0, 0.1) is 5.82 Å². The van der Waals surface area contributed by atoms with Crippen LogP contribution in [0.1, 0.15) is 18.4 Å². The van der Waals surface area contributed by atoms with Gasteiger partial charge in [0, 0.05) is 19.7 Å². The van der Waals surface area contributed by atoms with Crippen molar-refractivity contribution < 1.29 is 13.9 Å². The van der Waals surface area contributed by atoms with Gasteiger partial charge in [0.25, 0.3) is 0 Å². The molecule has 0 saturated heterocycles. The Morgan fingerprint density at radius 3 is 2.55 bits per heavy atom. The average molecular weight is 303 g/mol.